The van der Waals surface area contributed by atoms with Crippen LogP contribution in [0.4, 0.5) is 14.6 Å². The monoisotopic (exact) mass is 367 g/mol. The number of pyridine rings is 1. The van der Waals surface area contributed by atoms with Crippen LogP contribution < -0.4 is 15.4 Å². The average Bonchev–Trinajstić information content (AvgIpc) is 3.05. The van der Waals surface area contributed by atoms with E-state index in [1.807, 2.05) is 18.2 Å². The summed E-state index contributed by atoms with van der Waals surface area (Å²) in [5, 5.41) is 7.88. The molecule has 2 aromatic rings. The molecular formula is C17H19F2N3O2S. The molecule has 0 bridgehead atoms. The van der Waals surface area contributed by atoms with Gasteiger partial charge in [-0.15, -0.1) is 11.3 Å². The van der Waals surface area contributed by atoms with Crippen molar-refractivity contribution in [2.24, 2.45) is 0 Å². The summed E-state index contributed by atoms with van der Waals surface area (Å²) in [6.07, 6.45) is 5.21. The first-order valence-corrected chi connectivity index (χ1v) is 9.00. The van der Waals surface area contributed by atoms with Crippen LogP contribution >= 0.6 is 11.3 Å². The van der Waals surface area contributed by atoms with Crippen LogP contribution in [0.3, 0.4) is 0 Å². The highest BCUT2D eigenvalue weighted by Gasteiger charge is 2.25. The zero-order valence-corrected chi connectivity index (χ0v) is 14.3. The van der Waals surface area contributed by atoms with Gasteiger partial charge in [0.2, 0.25) is 0 Å². The van der Waals surface area contributed by atoms with E-state index in [2.05, 4.69) is 20.4 Å². The highest BCUT2D eigenvalue weighted by molar-refractivity contribution is 7.12. The molecule has 25 heavy (non-hydrogen) atoms. The van der Waals surface area contributed by atoms with Crippen LogP contribution in [-0.2, 0) is 0 Å². The van der Waals surface area contributed by atoms with E-state index in [0.29, 0.717) is 6.04 Å². The molecule has 134 valence electrons. The predicted molar refractivity (Wildman–Crippen MR) is 92.3 cm³/mol. The second-order valence-corrected chi connectivity index (χ2v) is 6.79. The third kappa shape index (κ3) is 4.88. The lowest BCUT2D eigenvalue weighted by atomic mass is 9.91. The van der Waals surface area contributed by atoms with Gasteiger partial charge in [-0.25, -0.2) is 4.98 Å². The van der Waals surface area contributed by atoms with Crippen molar-refractivity contribution < 1.29 is 18.3 Å². The Morgan fingerprint density at radius 1 is 1.20 bits per heavy atom. The van der Waals surface area contributed by atoms with E-state index in [-0.39, 0.29) is 22.6 Å². The number of amides is 1. The molecule has 1 saturated carbocycles. The number of halogens is 2. The summed E-state index contributed by atoms with van der Waals surface area (Å²) >= 11 is 1.10. The summed E-state index contributed by atoms with van der Waals surface area (Å²) in [6, 6.07) is 7.47. The van der Waals surface area contributed by atoms with Gasteiger partial charge in [-0.3, -0.25) is 4.79 Å². The van der Waals surface area contributed by atoms with E-state index in [4.69, 9.17) is 0 Å². The molecule has 8 heteroatoms. The maximum atomic E-state index is 12.4. The number of carbonyl (C=O) groups is 1. The van der Waals surface area contributed by atoms with E-state index >= 15 is 0 Å². The fourth-order valence-corrected chi connectivity index (χ4v) is 3.67. The maximum absolute atomic E-state index is 12.4. The SMILES string of the molecule is O=C(NC1CCC(Nc2ccccn2)CC1)c1sccc1OC(F)F. The van der Waals surface area contributed by atoms with Crippen LogP contribution in [-0.4, -0.2) is 29.6 Å². The molecule has 1 amide bonds. The number of anilines is 1. The highest BCUT2D eigenvalue weighted by Crippen LogP contribution is 2.27. The number of ether oxygens (including phenoxy) is 1. The Labute approximate surface area is 148 Å². The van der Waals surface area contributed by atoms with E-state index < -0.39 is 6.61 Å². The number of nitrogens with zero attached hydrogens (tertiary/aromatic N) is 1. The molecule has 2 aromatic heterocycles. The minimum atomic E-state index is -2.94. The van der Waals surface area contributed by atoms with Gasteiger partial charge in [0.05, 0.1) is 0 Å². The molecule has 0 atom stereocenters. The fourth-order valence-electron chi connectivity index (χ4n) is 2.94. The summed E-state index contributed by atoms with van der Waals surface area (Å²) in [7, 11) is 0. The van der Waals surface area contributed by atoms with Crippen LogP contribution in [0, 0.1) is 0 Å². The first-order valence-electron chi connectivity index (χ1n) is 8.12. The zero-order valence-electron chi connectivity index (χ0n) is 13.5. The number of alkyl halides is 2. The van der Waals surface area contributed by atoms with Gasteiger partial charge in [0.15, 0.2) is 0 Å². The topological polar surface area (TPSA) is 63.2 Å². The summed E-state index contributed by atoms with van der Waals surface area (Å²) in [5.74, 6) is 0.428. The fraction of sp³-hybridized carbons (Fsp3) is 0.412. The van der Waals surface area contributed by atoms with E-state index in [1.165, 1.54) is 6.07 Å². The second kappa shape index (κ2) is 8.24. The predicted octanol–water partition coefficient (Wildman–Crippen LogP) is 3.90. The number of hydrogen-bond donors (Lipinski definition) is 2. The number of rotatable bonds is 6. The van der Waals surface area contributed by atoms with E-state index in [1.54, 1.807) is 11.6 Å². The molecule has 0 radical (unpaired) electrons. The van der Waals surface area contributed by atoms with Gasteiger partial charge in [0.25, 0.3) is 5.91 Å². The van der Waals surface area contributed by atoms with Crippen molar-refractivity contribution in [3.63, 3.8) is 0 Å². The Hall–Kier alpha value is -2.22. The van der Waals surface area contributed by atoms with Crippen LogP contribution in [0.5, 0.6) is 5.75 Å². The van der Waals surface area contributed by atoms with Crippen molar-refractivity contribution >= 4 is 23.1 Å². The average molecular weight is 367 g/mol. The summed E-state index contributed by atoms with van der Waals surface area (Å²) in [5.41, 5.74) is 0. The zero-order chi connectivity index (χ0) is 17.6. The third-order valence-electron chi connectivity index (χ3n) is 4.13. The largest absolute Gasteiger partial charge is 0.433 e. The standard InChI is InChI=1S/C17H19F2N3O2S/c18-17(19)24-13-8-10-25-15(13)16(23)22-12-6-4-11(5-7-12)21-14-3-1-2-9-20-14/h1-3,8-12,17H,4-7H2,(H,20,21)(H,22,23). The minimum Gasteiger partial charge on any atom is -0.433 e. The molecule has 0 unspecified atom stereocenters. The Kier molecular flexibility index (Phi) is 5.80. The van der Waals surface area contributed by atoms with Crippen LogP contribution in [0.15, 0.2) is 35.8 Å². The van der Waals surface area contributed by atoms with Gasteiger partial charge in [0.1, 0.15) is 16.4 Å². The first-order chi connectivity index (χ1) is 12.1. The van der Waals surface area contributed by atoms with Crippen molar-refractivity contribution in [3.8, 4) is 5.75 Å². The Bertz CT molecular complexity index is 688. The van der Waals surface area contributed by atoms with Gasteiger partial charge in [0, 0.05) is 18.3 Å². The quantitative estimate of drug-likeness (QED) is 0.813. The lowest BCUT2D eigenvalue weighted by Gasteiger charge is -2.29. The van der Waals surface area contributed by atoms with Crippen molar-refractivity contribution in [2.45, 2.75) is 44.4 Å². The molecule has 2 heterocycles. The molecule has 1 aliphatic rings. The molecule has 1 aliphatic carbocycles. The van der Waals surface area contributed by atoms with Gasteiger partial charge < -0.3 is 15.4 Å². The van der Waals surface area contributed by atoms with Gasteiger partial charge in [-0.1, -0.05) is 6.07 Å². The Morgan fingerprint density at radius 2 is 1.96 bits per heavy atom. The third-order valence-corrected chi connectivity index (χ3v) is 5.03. The number of nitrogens with one attached hydrogen (secondary N) is 2. The van der Waals surface area contributed by atoms with Gasteiger partial charge in [-0.2, -0.15) is 8.78 Å². The highest BCUT2D eigenvalue weighted by atomic mass is 32.1. The van der Waals surface area contributed by atoms with Crippen LogP contribution in [0.1, 0.15) is 35.4 Å². The number of aromatic nitrogens is 1. The normalized spacial score (nSPS) is 20.3. The molecule has 0 spiro atoms. The molecule has 0 saturated heterocycles. The van der Waals surface area contributed by atoms with Crippen LogP contribution in [0.25, 0.3) is 0 Å². The van der Waals surface area contributed by atoms with Crippen molar-refractivity contribution in [1.82, 2.24) is 10.3 Å². The Balaban J connectivity index is 1.49. The summed E-state index contributed by atoms with van der Waals surface area (Å²) < 4.78 is 29.1. The van der Waals surface area contributed by atoms with Crippen molar-refractivity contribution in [2.75, 3.05) is 5.32 Å². The molecule has 1 fully saturated rings. The molecule has 0 aliphatic heterocycles. The van der Waals surface area contributed by atoms with Crippen LogP contribution in [0.2, 0.25) is 0 Å². The summed E-state index contributed by atoms with van der Waals surface area (Å²) in [4.78, 5) is 16.7. The Morgan fingerprint density at radius 3 is 2.64 bits per heavy atom. The van der Waals surface area contributed by atoms with Gasteiger partial charge >= 0.3 is 6.61 Å². The molecule has 0 aromatic carbocycles. The lowest BCUT2D eigenvalue weighted by Crippen LogP contribution is -2.40. The van der Waals surface area contributed by atoms with Crippen molar-refractivity contribution in [1.29, 1.82) is 0 Å². The maximum Gasteiger partial charge on any atom is 0.387 e. The lowest BCUT2D eigenvalue weighted by molar-refractivity contribution is -0.0498. The molecule has 5 nitrogen and oxygen atoms in total. The minimum absolute atomic E-state index is 0.0378. The van der Waals surface area contributed by atoms with E-state index in [0.717, 1.165) is 42.8 Å². The van der Waals surface area contributed by atoms with Crippen molar-refractivity contribution in [3.05, 3.63) is 40.7 Å². The van der Waals surface area contributed by atoms with Gasteiger partial charge in [-0.05, 0) is 49.3 Å². The second-order valence-electron chi connectivity index (χ2n) is 5.87. The summed E-state index contributed by atoms with van der Waals surface area (Å²) in [6.45, 7) is -2.94. The smallest absolute Gasteiger partial charge is 0.387 e. The number of carbonyl (C=O) groups excluding carboxylic acids is 1. The molecule has 3 rings (SSSR count). The number of thiophene rings is 1. The molecular weight excluding hydrogens is 348 g/mol. The first kappa shape index (κ1) is 17.6. The molecule has 2 N–H and O–H groups in total. The number of hydrogen-bond acceptors (Lipinski definition) is 5. The van der Waals surface area contributed by atoms with E-state index in [9.17, 15) is 13.6 Å².